The van der Waals surface area contributed by atoms with E-state index in [0.29, 0.717) is 11.5 Å². The molecule has 0 radical (unpaired) electrons. The zero-order valence-electron chi connectivity index (χ0n) is 11.2. The first-order valence-electron chi connectivity index (χ1n) is 6.25. The smallest absolute Gasteiger partial charge is 0.226 e. The van der Waals surface area contributed by atoms with Crippen LogP contribution in [0.2, 0.25) is 0 Å². The summed E-state index contributed by atoms with van der Waals surface area (Å²) in [6, 6.07) is 6.44. The Kier molecular flexibility index (Phi) is 2.78. The number of hydrogen-bond acceptors (Lipinski definition) is 5. The molecule has 0 fully saturated rings. The van der Waals surface area contributed by atoms with E-state index in [2.05, 4.69) is 15.4 Å². The Morgan fingerprint density at radius 2 is 2.05 bits per heavy atom. The van der Waals surface area contributed by atoms with E-state index in [9.17, 15) is 9.90 Å². The first-order chi connectivity index (χ1) is 9.58. The number of phenolic OH excluding ortho intramolecular Hbond substituents is 1. The van der Waals surface area contributed by atoms with Crippen molar-refractivity contribution in [3.8, 4) is 5.75 Å². The predicted octanol–water partition coefficient (Wildman–Crippen LogP) is 1.86. The summed E-state index contributed by atoms with van der Waals surface area (Å²) < 4.78 is 1.68. The molecule has 1 atom stereocenters. The molecule has 6 nitrogen and oxygen atoms in total. The molecule has 3 rings (SSSR count). The third-order valence-corrected chi connectivity index (χ3v) is 3.38. The van der Waals surface area contributed by atoms with Crippen LogP contribution < -0.4 is 5.32 Å². The van der Waals surface area contributed by atoms with Crippen LogP contribution in [0.1, 0.15) is 25.5 Å². The molecule has 2 heterocycles. The van der Waals surface area contributed by atoms with E-state index in [1.54, 1.807) is 28.9 Å². The lowest BCUT2D eigenvalue weighted by Gasteiger charge is -2.28. The van der Waals surface area contributed by atoms with Crippen LogP contribution in [0.4, 0.5) is 5.95 Å². The van der Waals surface area contributed by atoms with Gasteiger partial charge in [-0.3, -0.25) is 4.79 Å². The van der Waals surface area contributed by atoms with Crippen LogP contribution >= 0.6 is 0 Å². The van der Waals surface area contributed by atoms with E-state index in [1.807, 2.05) is 6.92 Å². The standard InChI is InChI=1S/C14H14N4O2/c1-8-12(9(2)19)13(10-3-5-11(20)6-4-10)18-14(17-8)15-7-16-18/h3-7,13,20H,1-2H3,(H,15,16,17)/t13-/m1/s1. The highest BCUT2D eigenvalue weighted by molar-refractivity contribution is 5.96. The predicted molar refractivity (Wildman–Crippen MR) is 73.3 cm³/mol. The molecule has 2 aromatic rings. The number of carbonyl (C=O) groups is 1. The Morgan fingerprint density at radius 3 is 2.70 bits per heavy atom. The molecule has 2 N–H and O–H groups in total. The molecule has 0 bridgehead atoms. The minimum absolute atomic E-state index is 0.0192. The number of allylic oxidation sites excluding steroid dienone is 2. The molecule has 0 saturated carbocycles. The van der Waals surface area contributed by atoms with E-state index < -0.39 is 0 Å². The molecule has 0 saturated heterocycles. The molecule has 1 aromatic carbocycles. The minimum atomic E-state index is -0.327. The van der Waals surface area contributed by atoms with Crippen molar-refractivity contribution in [2.24, 2.45) is 0 Å². The van der Waals surface area contributed by atoms with Crippen LogP contribution in [0.3, 0.4) is 0 Å². The Bertz CT molecular complexity index is 700. The number of aromatic nitrogens is 3. The highest BCUT2D eigenvalue weighted by atomic mass is 16.3. The quantitative estimate of drug-likeness (QED) is 0.870. The highest BCUT2D eigenvalue weighted by Gasteiger charge is 2.31. The van der Waals surface area contributed by atoms with Crippen LogP contribution in [0, 0.1) is 0 Å². The molecule has 6 heteroatoms. The lowest BCUT2D eigenvalue weighted by Crippen LogP contribution is -2.27. The Morgan fingerprint density at radius 1 is 1.35 bits per heavy atom. The van der Waals surface area contributed by atoms with Crippen molar-refractivity contribution < 1.29 is 9.90 Å². The first kappa shape index (κ1) is 12.4. The summed E-state index contributed by atoms with van der Waals surface area (Å²) in [5.41, 5.74) is 2.30. The van der Waals surface area contributed by atoms with Gasteiger partial charge in [0.25, 0.3) is 0 Å². The number of nitrogens with one attached hydrogen (secondary N) is 1. The number of Topliss-reactive ketones (excluding diaryl/α,β-unsaturated/α-hetero) is 1. The number of aromatic hydroxyl groups is 1. The molecule has 0 unspecified atom stereocenters. The van der Waals surface area contributed by atoms with Crippen molar-refractivity contribution in [1.82, 2.24) is 14.8 Å². The number of phenols is 1. The first-order valence-corrected chi connectivity index (χ1v) is 6.25. The normalized spacial score (nSPS) is 17.6. The molecular formula is C14H14N4O2. The van der Waals surface area contributed by atoms with Gasteiger partial charge in [-0.1, -0.05) is 12.1 Å². The molecule has 102 valence electrons. The SMILES string of the molecule is CC(=O)C1=C(C)Nc2ncnn2[C@@H]1c1ccc(O)cc1. The zero-order chi connectivity index (χ0) is 14.3. The van der Waals surface area contributed by atoms with E-state index in [0.717, 1.165) is 11.3 Å². The van der Waals surface area contributed by atoms with E-state index in [1.165, 1.54) is 13.3 Å². The lowest BCUT2D eigenvalue weighted by atomic mass is 9.93. The summed E-state index contributed by atoms with van der Waals surface area (Å²) in [6.07, 6.45) is 1.45. The number of hydrogen-bond donors (Lipinski definition) is 2. The second-order valence-corrected chi connectivity index (χ2v) is 4.74. The third-order valence-electron chi connectivity index (χ3n) is 3.38. The maximum Gasteiger partial charge on any atom is 0.226 e. The molecular weight excluding hydrogens is 256 g/mol. The number of anilines is 1. The van der Waals surface area contributed by atoms with Gasteiger partial charge in [-0.05, 0) is 31.5 Å². The van der Waals surface area contributed by atoms with Gasteiger partial charge in [-0.2, -0.15) is 10.1 Å². The van der Waals surface area contributed by atoms with Gasteiger partial charge in [0.05, 0.1) is 0 Å². The average Bonchev–Trinajstić information content (AvgIpc) is 2.85. The van der Waals surface area contributed by atoms with Gasteiger partial charge in [-0.15, -0.1) is 0 Å². The fourth-order valence-corrected chi connectivity index (χ4v) is 2.51. The van der Waals surface area contributed by atoms with Gasteiger partial charge >= 0.3 is 0 Å². The van der Waals surface area contributed by atoms with Gasteiger partial charge in [0.1, 0.15) is 18.1 Å². The zero-order valence-corrected chi connectivity index (χ0v) is 11.2. The Balaban J connectivity index is 2.19. The third kappa shape index (κ3) is 1.85. The molecule has 0 amide bonds. The fourth-order valence-electron chi connectivity index (χ4n) is 2.51. The van der Waals surface area contributed by atoms with E-state index in [-0.39, 0.29) is 17.6 Å². The van der Waals surface area contributed by atoms with E-state index in [4.69, 9.17) is 0 Å². The maximum absolute atomic E-state index is 12.0. The topological polar surface area (TPSA) is 80.0 Å². The summed E-state index contributed by atoms with van der Waals surface area (Å²) in [5.74, 6) is 0.770. The highest BCUT2D eigenvalue weighted by Crippen LogP contribution is 2.35. The summed E-state index contributed by atoms with van der Waals surface area (Å²) in [5, 5.41) is 16.7. The molecule has 20 heavy (non-hydrogen) atoms. The van der Waals surface area contributed by atoms with Crippen molar-refractivity contribution >= 4 is 11.7 Å². The molecule has 1 aromatic heterocycles. The Labute approximate surface area is 115 Å². The molecule has 0 spiro atoms. The summed E-state index contributed by atoms with van der Waals surface area (Å²) in [7, 11) is 0. The van der Waals surface area contributed by atoms with Crippen molar-refractivity contribution in [2.45, 2.75) is 19.9 Å². The van der Waals surface area contributed by atoms with Crippen LogP contribution in [0.25, 0.3) is 0 Å². The van der Waals surface area contributed by atoms with Crippen LogP contribution in [-0.2, 0) is 4.79 Å². The Hall–Kier alpha value is -2.63. The van der Waals surface area contributed by atoms with Crippen molar-refractivity contribution in [3.63, 3.8) is 0 Å². The van der Waals surface area contributed by atoms with E-state index >= 15 is 0 Å². The maximum atomic E-state index is 12.0. The van der Waals surface area contributed by atoms with Crippen molar-refractivity contribution in [2.75, 3.05) is 5.32 Å². The van der Waals surface area contributed by atoms with Crippen molar-refractivity contribution in [1.29, 1.82) is 0 Å². The number of fused-ring (bicyclic) bond motifs is 1. The molecule has 1 aliphatic heterocycles. The number of benzene rings is 1. The number of rotatable bonds is 2. The van der Waals surface area contributed by atoms with Gasteiger partial charge in [0, 0.05) is 11.3 Å². The largest absolute Gasteiger partial charge is 0.508 e. The number of carbonyl (C=O) groups excluding carboxylic acids is 1. The van der Waals surface area contributed by atoms with Crippen molar-refractivity contribution in [3.05, 3.63) is 47.4 Å². The molecule has 0 aliphatic carbocycles. The summed E-state index contributed by atoms with van der Waals surface area (Å²) in [6.45, 7) is 3.39. The lowest BCUT2D eigenvalue weighted by molar-refractivity contribution is -0.114. The second kappa shape index (κ2) is 4.48. The number of nitrogens with zero attached hydrogens (tertiary/aromatic N) is 3. The summed E-state index contributed by atoms with van der Waals surface area (Å²) in [4.78, 5) is 16.1. The monoisotopic (exact) mass is 270 g/mol. The minimum Gasteiger partial charge on any atom is -0.508 e. The number of ketones is 1. The van der Waals surface area contributed by atoms with Crippen LogP contribution in [-0.4, -0.2) is 25.7 Å². The molecule has 1 aliphatic rings. The van der Waals surface area contributed by atoms with Crippen LogP contribution in [0.15, 0.2) is 41.9 Å². The second-order valence-electron chi connectivity index (χ2n) is 4.74. The fraction of sp³-hybridized carbons (Fsp3) is 0.214. The average molecular weight is 270 g/mol. The van der Waals surface area contributed by atoms with Gasteiger partial charge in [0.2, 0.25) is 5.95 Å². The van der Waals surface area contributed by atoms with Crippen LogP contribution in [0.5, 0.6) is 5.75 Å². The van der Waals surface area contributed by atoms with Gasteiger partial charge in [-0.25, -0.2) is 4.68 Å². The van der Waals surface area contributed by atoms with Gasteiger partial charge in [0.15, 0.2) is 5.78 Å². The summed E-state index contributed by atoms with van der Waals surface area (Å²) >= 11 is 0. The van der Waals surface area contributed by atoms with Gasteiger partial charge < -0.3 is 10.4 Å².